The van der Waals surface area contributed by atoms with Crippen LogP contribution >= 0.6 is 0 Å². The molecule has 2 rings (SSSR count). The third-order valence-corrected chi connectivity index (χ3v) is 3.02. The Balaban J connectivity index is 2.64. The second-order valence-corrected chi connectivity index (χ2v) is 4.19. The summed E-state index contributed by atoms with van der Waals surface area (Å²) in [4.78, 5) is 0. The predicted molar refractivity (Wildman–Crippen MR) is 69.4 cm³/mol. The number of hydrogen-bond donors (Lipinski definition) is 1. The molecule has 0 saturated carbocycles. The molecule has 0 spiro atoms. The van der Waals surface area contributed by atoms with Crippen LogP contribution in [0.4, 0.5) is 0 Å². The van der Waals surface area contributed by atoms with Gasteiger partial charge in [-0.15, -0.1) is 0 Å². The Morgan fingerprint density at radius 3 is 2.53 bits per heavy atom. The van der Waals surface area contributed by atoms with Gasteiger partial charge < -0.3 is 9.77 Å². The number of aryl methyl sites for hydroxylation is 2. The Morgan fingerprint density at radius 2 is 1.88 bits per heavy atom. The highest BCUT2D eigenvalue weighted by Crippen LogP contribution is 2.22. The largest absolute Gasteiger partial charge is 0.411 e. The number of aromatic nitrogens is 1. The van der Waals surface area contributed by atoms with Crippen LogP contribution in [-0.4, -0.2) is 16.0 Å². The van der Waals surface area contributed by atoms with Crippen LogP contribution in [0.15, 0.2) is 35.5 Å². The van der Waals surface area contributed by atoms with Gasteiger partial charge in [-0.1, -0.05) is 23.4 Å². The first-order valence-corrected chi connectivity index (χ1v) is 5.57. The molecule has 0 unspecified atom stereocenters. The molecule has 0 aliphatic carbocycles. The van der Waals surface area contributed by atoms with Crippen molar-refractivity contribution in [3.63, 3.8) is 0 Å². The van der Waals surface area contributed by atoms with E-state index in [4.69, 9.17) is 5.21 Å². The van der Waals surface area contributed by atoms with Crippen LogP contribution in [0.3, 0.4) is 0 Å². The number of oxime groups is 1. The molecule has 1 aromatic carbocycles. The average Bonchev–Trinajstić information content (AvgIpc) is 2.57. The molecule has 0 atom stereocenters. The van der Waals surface area contributed by atoms with Gasteiger partial charge in [0, 0.05) is 22.6 Å². The van der Waals surface area contributed by atoms with E-state index in [1.54, 1.807) is 0 Å². The Labute approximate surface area is 101 Å². The number of hydrogen-bond acceptors (Lipinski definition) is 2. The zero-order chi connectivity index (χ0) is 12.4. The maximum absolute atomic E-state index is 8.63. The summed E-state index contributed by atoms with van der Waals surface area (Å²) in [5.74, 6) is 0. The molecule has 3 nitrogen and oxygen atoms in total. The van der Waals surface area contributed by atoms with E-state index in [1.165, 1.54) is 17.5 Å². The summed E-state index contributed by atoms with van der Waals surface area (Å²) in [7, 11) is 0. The number of rotatable bonds is 2. The van der Waals surface area contributed by atoms with Crippen molar-refractivity contribution in [2.45, 2.75) is 20.8 Å². The van der Waals surface area contributed by atoms with Gasteiger partial charge in [0.2, 0.25) is 0 Å². The van der Waals surface area contributed by atoms with Gasteiger partial charge in [-0.25, -0.2) is 0 Å². The fraction of sp³-hybridized carbons (Fsp3) is 0.214. The van der Waals surface area contributed by atoms with Crippen molar-refractivity contribution in [3.05, 3.63) is 52.8 Å². The molecule has 17 heavy (non-hydrogen) atoms. The molecule has 1 N–H and O–H groups in total. The third kappa shape index (κ3) is 1.96. The highest BCUT2D eigenvalue weighted by Gasteiger charge is 2.10. The normalized spacial score (nSPS) is 11.2. The molecular weight excluding hydrogens is 212 g/mol. The minimum atomic E-state index is 0.938. The van der Waals surface area contributed by atoms with Crippen LogP contribution in [0, 0.1) is 20.8 Å². The van der Waals surface area contributed by atoms with E-state index in [0.29, 0.717) is 0 Å². The average molecular weight is 228 g/mol. The molecule has 0 amide bonds. The SMILES string of the molecule is Cc1ccccc1-n1c(C)cc(/C=N/O)c1C. The highest BCUT2D eigenvalue weighted by molar-refractivity contribution is 5.81. The Morgan fingerprint density at radius 1 is 1.18 bits per heavy atom. The van der Waals surface area contributed by atoms with Gasteiger partial charge in [0.1, 0.15) is 0 Å². The second kappa shape index (κ2) is 4.45. The van der Waals surface area contributed by atoms with Crippen molar-refractivity contribution in [3.8, 4) is 5.69 Å². The van der Waals surface area contributed by atoms with Crippen LogP contribution in [0.2, 0.25) is 0 Å². The lowest BCUT2D eigenvalue weighted by atomic mass is 10.2. The fourth-order valence-electron chi connectivity index (χ4n) is 2.17. The van der Waals surface area contributed by atoms with E-state index in [0.717, 1.165) is 17.0 Å². The van der Waals surface area contributed by atoms with E-state index in [9.17, 15) is 0 Å². The predicted octanol–water partition coefficient (Wildman–Crippen LogP) is 3.21. The smallest absolute Gasteiger partial charge is 0.0752 e. The zero-order valence-electron chi connectivity index (χ0n) is 10.3. The van der Waals surface area contributed by atoms with Crippen molar-refractivity contribution >= 4 is 6.21 Å². The molecule has 0 fully saturated rings. The number of para-hydroxylation sites is 1. The summed E-state index contributed by atoms with van der Waals surface area (Å²) in [6.45, 7) is 6.17. The van der Waals surface area contributed by atoms with Crippen molar-refractivity contribution in [2.75, 3.05) is 0 Å². The first-order chi connectivity index (χ1) is 8.15. The molecule has 0 aliphatic rings. The monoisotopic (exact) mass is 228 g/mol. The fourth-order valence-corrected chi connectivity index (χ4v) is 2.17. The molecule has 0 aliphatic heterocycles. The van der Waals surface area contributed by atoms with Crippen molar-refractivity contribution in [2.24, 2.45) is 5.16 Å². The van der Waals surface area contributed by atoms with E-state index in [1.807, 2.05) is 32.0 Å². The van der Waals surface area contributed by atoms with Gasteiger partial charge in [-0.3, -0.25) is 0 Å². The van der Waals surface area contributed by atoms with E-state index in [2.05, 4.69) is 28.8 Å². The molecule has 1 aromatic heterocycles. The lowest BCUT2D eigenvalue weighted by Gasteiger charge is -2.12. The van der Waals surface area contributed by atoms with Gasteiger partial charge in [0.05, 0.1) is 6.21 Å². The summed E-state index contributed by atoms with van der Waals surface area (Å²) in [5.41, 5.74) is 5.54. The molecule has 3 heteroatoms. The van der Waals surface area contributed by atoms with Gasteiger partial charge in [-0.2, -0.15) is 0 Å². The topological polar surface area (TPSA) is 37.5 Å². The minimum absolute atomic E-state index is 0.938. The number of benzene rings is 1. The van der Waals surface area contributed by atoms with Crippen LogP contribution in [-0.2, 0) is 0 Å². The lowest BCUT2D eigenvalue weighted by molar-refractivity contribution is 0.322. The Bertz CT molecular complexity index is 568. The molecule has 2 aromatic rings. The zero-order valence-corrected chi connectivity index (χ0v) is 10.3. The van der Waals surface area contributed by atoms with Gasteiger partial charge >= 0.3 is 0 Å². The van der Waals surface area contributed by atoms with Crippen LogP contribution in [0.25, 0.3) is 5.69 Å². The van der Waals surface area contributed by atoms with E-state index < -0.39 is 0 Å². The lowest BCUT2D eigenvalue weighted by Crippen LogP contribution is -2.01. The standard InChI is InChI=1S/C14H16N2O/c1-10-6-4-5-7-14(10)16-11(2)8-13(9-15-17)12(16)3/h4-9,17H,1-3H3/b15-9+. The molecule has 0 saturated heterocycles. The molecule has 0 radical (unpaired) electrons. The Kier molecular flexibility index (Phi) is 3.00. The van der Waals surface area contributed by atoms with Crippen molar-refractivity contribution < 1.29 is 5.21 Å². The quantitative estimate of drug-likeness (QED) is 0.478. The summed E-state index contributed by atoms with van der Waals surface area (Å²) < 4.78 is 2.17. The van der Waals surface area contributed by atoms with Crippen molar-refractivity contribution in [1.29, 1.82) is 0 Å². The minimum Gasteiger partial charge on any atom is -0.411 e. The highest BCUT2D eigenvalue weighted by atomic mass is 16.4. The van der Waals surface area contributed by atoms with E-state index >= 15 is 0 Å². The summed E-state index contributed by atoms with van der Waals surface area (Å²) >= 11 is 0. The maximum Gasteiger partial charge on any atom is 0.0752 e. The first kappa shape index (κ1) is 11.5. The molecular formula is C14H16N2O. The Hall–Kier alpha value is -2.03. The maximum atomic E-state index is 8.63. The van der Waals surface area contributed by atoms with Gasteiger partial charge in [0.15, 0.2) is 0 Å². The van der Waals surface area contributed by atoms with Crippen LogP contribution < -0.4 is 0 Å². The van der Waals surface area contributed by atoms with Crippen LogP contribution in [0.5, 0.6) is 0 Å². The second-order valence-electron chi connectivity index (χ2n) is 4.19. The van der Waals surface area contributed by atoms with Gasteiger partial charge in [0.25, 0.3) is 0 Å². The van der Waals surface area contributed by atoms with E-state index in [-0.39, 0.29) is 0 Å². The summed E-state index contributed by atoms with van der Waals surface area (Å²) in [6.07, 6.45) is 1.47. The summed E-state index contributed by atoms with van der Waals surface area (Å²) in [5, 5.41) is 11.7. The first-order valence-electron chi connectivity index (χ1n) is 5.57. The summed E-state index contributed by atoms with van der Waals surface area (Å²) in [6, 6.07) is 10.3. The molecule has 0 bridgehead atoms. The third-order valence-electron chi connectivity index (χ3n) is 3.02. The number of nitrogens with zero attached hydrogens (tertiary/aromatic N) is 2. The van der Waals surface area contributed by atoms with Gasteiger partial charge in [-0.05, 0) is 38.5 Å². The van der Waals surface area contributed by atoms with Crippen LogP contribution in [0.1, 0.15) is 22.5 Å². The van der Waals surface area contributed by atoms with Crippen molar-refractivity contribution in [1.82, 2.24) is 4.57 Å². The molecule has 1 heterocycles. The molecule has 88 valence electrons.